The van der Waals surface area contributed by atoms with E-state index in [9.17, 15) is 9.59 Å². The van der Waals surface area contributed by atoms with Crippen molar-refractivity contribution in [1.82, 2.24) is 4.98 Å². The lowest BCUT2D eigenvalue weighted by atomic mass is 9.77. The molecule has 2 aromatic rings. The molecule has 2 fully saturated rings. The van der Waals surface area contributed by atoms with Crippen molar-refractivity contribution in [1.29, 1.82) is 0 Å². The first-order chi connectivity index (χ1) is 13.1. The fraction of sp³-hybridized carbons (Fsp3) is 0.316. The van der Waals surface area contributed by atoms with Crippen molar-refractivity contribution < 1.29 is 19.1 Å². The number of aromatic nitrogens is 1. The first-order valence-electron chi connectivity index (χ1n) is 8.64. The first kappa shape index (κ1) is 16.5. The Hall–Kier alpha value is -2.71. The topological polar surface area (TPSA) is 80.8 Å². The number of nitrogens with one attached hydrogen (secondary N) is 1. The minimum Gasteiger partial charge on any atom is -0.497 e. The van der Waals surface area contributed by atoms with E-state index >= 15 is 0 Å². The molecule has 27 heavy (non-hydrogen) atoms. The molecule has 8 heteroatoms. The maximum Gasteiger partial charge on any atom is 0.234 e. The number of fused-ring (bicyclic) bond motifs is 1. The molecule has 0 saturated carbocycles. The number of methoxy groups -OCH3 is 1. The second-order valence-corrected chi connectivity index (χ2v) is 7.74. The van der Waals surface area contributed by atoms with E-state index in [0.29, 0.717) is 11.7 Å². The van der Waals surface area contributed by atoms with Crippen LogP contribution in [0.1, 0.15) is 0 Å². The Morgan fingerprint density at radius 3 is 2.93 bits per heavy atom. The van der Waals surface area contributed by atoms with Gasteiger partial charge in [0, 0.05) is 17.3 Å². The highest BCUT2D eigenvalue weighted by Gasteiger charge is 2.67. The van der Waals surface area contributed by atoms with Crippen molar-refractivity contribution in [2.24, 2.45) is 11.8 Å². The molecule has 3 aliphatic rings. The zero-order valence-electron chi connectivity index (χ0n) is 14.5. The van der Waals surface area contributed by atoms with Gasteiger partial charge in [0.2, 0.25) is 11.8 Å². The van der Waals surface area contributed by atoms with Crippen molar-refractivity contribution in [3.8, 4) is 5.75 Å². The van der Waals surface area contributed by atoms with Gasteiger partial charge >= 0.3 is 0 Å². The summed E-state index contributed by atoms with van der Waals surface area (Å²) in [6, 6.07) is 7.31. The van der Waals surface area contributed by atoms with Crippen LogP contribution in [0, 0.1) is 11.8 Å². The number of amides is 2. The summed E-state index contributed by atoms with van der Waals surface area (Å²) < 4.78 is 11.3. The smallest absolute Gasteiger partial charge is 0.234 e. The number of carbonyl (C=O) groups is 2. The first-order valence-corrected chi connectivity index (χ1v) is 9.52. The van der Waals surface area contributed by atoms with Crippen LogP contribution in [0.15, 0.2) is 48.0 Å². The largest absolute Gasteiger partial charge is 0.497 e. The quantitative estimate of drug-likeness (QED) is 0.818. The number of hydrogen-bond acceptors (Lipinski definition) is 6. The average molecular weight is 383 g/mol. The summed E-state index contributed by atoms with van der Waals surface area (Å²) in [6.07, 6.45) is 5.09. The summed E-state index contributed by atoms with van der Waals surface area (Å²) in [4.78, 5) is 31.9. The van der Waals surface area contributed by atoms with Gasteiger partial charge in [0.25, 0.3) is 0 Å². The summed E-state index contributed by atoms with van der Waals surface area (Å²) in [5.74, 6) is -0.687. The van der Waals surface area contributed by atoms with Gasteiger partial charge < -0.3 is 19.7 Å². The monoisotopic (exact) mass is 383 g/mol. The average Bonchev–Trinajstić information content (AvgIpc) is 3.44. The van der Waals surface area contributed by atoms with Gasteiger partial charge in [0.15, 0.2) is 5.13 Å². The van der Waals surface area contributed by atoms with Gasteiger partial charge in [-0.25, -0.2) is 4.98 Å². The third-order valence-corrected chi connectivity index (χ3v) is 6.14. The molecule has 138 valence electrons. The minimum atomic E-state index is -0.743. The number of benzene rings is 1. The van der Waals surface area contributed by atoms with Gasteiger partial charge in [0.1, 0.15) is 11.4 Å². The van der Waals surface area contributed by atoms with Crippen LogP contribution in [-0.4, -0.2) is 42.2 Å². The van der Waals surface area contributed by atoms with Gasteiger partial charge in [-0.05, 0) is 24.3 Å². The number of carbonyl (C=O) groups excluding carboxylic acids is 2. The third kappa shape index (κ3) is 2.40. The summed E-state index contributed by atoms with van der Waals surface area (Å²) in [5.41, 5.74) is 0.0242. The second kappa shape index (κ2) is 5.90. The van der Waals surface area contributed by atoms with Crippen molar-refractivity contribution in [2.45, 2.75) is 11.7 Å². The molecule has 3 aliphatic heterocycles. The molecule has 0 radical (unpaired) electrons. The fourth-order valence-corrected chi connectivity index (χ4v) is 4.78. The zero-order chi connectivity index (χ0) is 18.6. The minimum absolute atomic E-state index is 0.0914. The van der Waals surface area contributed by atoms with Crippen LogP contribution in [0.5, 0.6) is 5.75 Å². The molecule has 1 aromatic heterocycles. The molecule has 2 unspecified atom stereocenters. The highest BCUT2D eigenvalue weighted by atomic mass is 32.1. The zero-order valence-corrected chi connectivity index (χ0v) is 15.3. The van der Waals surface area contributed by atoms with Crippen molar-refractivity contribution in [2.75, 3.05) is 23.9 Å². The normalized spacial score (nSPS) is 30.6. The SMILES string of the molecule is COc1ccc(N2C[C@@]34C=C[C@@H](O3)C(C(=O)Nc3nccs3)C4C2=O)cc1. The molecule has 1 aromatic carbocycles. The van der Waals surface area contributed by atoms with Gasteiger partial charge in [-0.1, -0.05) is 12.2 Å². The third-order valence-electron chi connectivity index (χ3n) is 5.45. The van der Waals surface area contributed by atoms with Crippen LogP contribution in [0.4, 0.5) is 10.8 Å². The Morgan fingerprint density at radius 2 is 2.22 bits per heavy atom. The standard InChI is InChI=1S/C19H17N3O4S/c1-25-12-4-2-11(3-5-12)22-10-19-7-6-13(26-19)14(15(19)17(22)24)16(23)21-18-20-8-9-27-18/h2-9,13-15H,10H2,1H3,(H,20,21,23)/t13-,14?,15?,19-/m1/s1. The van der Waals surface area contributed by atoms with Crippen LogP contribution in [0.25, 0.3) is 0 Å². The summed E-state index contributed by atoms with van der Waals surface area (Å²) >= 11 is 1.35. The fourth-order valence-electron chi connectivity index (χ4n) is 4.25. The Balaban J connectivity index is 1.44. The molecule has 1 N–H and O–H groups in total. The van der Waals surface area contributed by atoms with E-state index in [1.165, 1.54) is 11.3 Å². The molecular formula is C19H17N3O4S. The molecule has 7 nitrogen and oxygen atoms in total. The molecule has 4 atom stereocenters. The van der Waals surface area contributed by atoms with Crippen LogP contribution < -0.4 is 15.0 Å². The van der Waals surface area contributed by atoms with E-state index < -0.39 is 17.4 Å². The van der Waals surface area contributed by atoms with E-state index in [0.717, 1.165) is 11.4 Å². The lowest BCUT2D eigenvalue weighted by Crippen LogP contribution is -2.41. The lowest BCUT2D eigenvalue weighted by Gasteiger charge is -2.22. The number of thiazole rings is 1. The number of anilines is 2. The van der Waals surface area contributed by atoms with Crippen molar-refractivity contribution in [3.05, 3.63) is 48.0 Å². The number of nitrogens with zero attached hydrogens (tertiary/aromatic N) is 2. The number of ether oxygens (including phenoxy) is 2. The van der Waals surface area contributed by atoms with Gasteiger partial charge in [-0.2, -0.15) is 0 Å². The van der Waals surface area contributed by atoms with E-state index in [4.69, 9.17) is 9.47 Å². The molecular weight excluding hydrogens is 366 g/mol. The van der Waals surface area contributed by atoms with Crippen molar-refractivity contribution >= 4 is 34.0 Å². The van der Waals surface area contributed by atoms with Crippen LogP contribution in [0.2, 0.25) is 0 Å². The Morgan fingerprint density at radius 1 is 1.41 bits per heavy atom. The van der Waals surface area contributed by atoms with Gasteiger partial charge in [0.05, 0.1) is 31.6 Å². The van der Waals surface area contributed by atoms with Crippen LogP contribution >= 0.6 is 11.3 Å². The van der Waals surface area contributed by atoms with E-state index in [1.54, 1.807) is 23.6 Å². The molecule has 4 heterocycles. The lowest BCUT2D eigenvalue weighted by molar-refractivity contribution is -0.128. The summed E-state index contributed by atoms with van der Waals surface area (Å²) in [7, 11) is 1.60. The highest BCUT2D eigenvalue weighted by molar-refractivity contribution is 7.13. The maximum atomic E-state index is 13.2. The molecule has 2 saturated heterocycles. The maximum absolute atomic E-state index is 13.2. The highest BCUT2D eigenvalue weighted by Crippen LogP contribution is 2.52. The summed E-state index contributed by atoms with van der Waals surface area (Å²) in [5, 5.41) is 5.13. The molecule has 0 aliphatic carbocycles. The Labute approximate surface area is 159 Å². The Kier molecular flexibility index (Phi) is 3.60. The van der Waals surface area contributed by atoms with E-state index in [-0.39, 0.29) is 17.9 Å². The van der Waals surface area contributed by atoms with E-state index in [2.05, 4.69) is 10.3 Å². The van der Waals surface area contributed by atoms with Crippen LogP contribution in [-0.2, 0) is 14.3 Å². The predicted octanol–water partition coefficient (Wildman–Crippen LogP) is 2.08. The van der Waals surface area contributed by atoms with Crippen LogP contribution in [0.3, 0.4) is 0 Å². The van der Waals surface area contributed by atoms with Crippen molar-refractivity contribution in [3.63, 3.8) is 0 Å². The number of hydrogen-bond donors (Lipinski definition) is 1. The number of rotatable bonds is 4. The molecule has 1 spiro atoms. The molecule has 2 amide bonds. The predicted molar refractivity (Wildman–Crippen MR) is 99.8 cm³/mol. The Bertz CT molecular complexity index is 927. The van der Waals surface area contributed by atoms with E-state index in [1.807, 2.05) is 36.4 Å². The van der Waals surface area contributed by atoms with Gasteiger partial charge in [-0.15, -0.1) is 11.3 Å². The molecule has 2 bridgehead atoms. The second-order valence-electron chi connectivity index (χ2n) is 6.85. The summed E-state index contributed by atoms with van der Waals surface area (Å²) in [6.45, 7) is 0.400. The molecule has 5 rings (SSSR count). The van der Waals surface area contributed by atoms with Gasteiger partial charge in [-0.3, -0.25) is 9.59 Å².